The Morgan fingerprint density at radius 2 is 1.93 bits per heavy atom. The van der Waals surface area contributed by atoms with Crippen LogP contribution in [0.25, 0.3) is 0 Å². The van der Waals surface area contributed by atoms with Gasteiger partial charge in [0.1, 0.15) is 0 Å². The maximum absolute atomic E-state index is 10.3. The number of aliphatic imine (C=N–C) groups is 1. The number of rotatable bonds is 2. The van der Waals surface area contributed by atoms with Gasteiger partial charge in [0.2, 0.25) is 6.08 Å². The largest absolute Gasteiger partial charge is 0.504 e. The maximum Gasteiger partial charge on any atom is 0.235 e. The van der Waals surface area contributed by atoms with Gasteiger partial charge in [-0.3, -0.25) is 0 Å². The van der Waals surface area contributed by atoms with Crippen LogP contribution in [0.2, 0.25) is 5.02 Å². The Balaban J connectivity index is 2.54. The lowest BCUT2D eigenvalue weighted by Crippen LogP contribution is -2.02. The van der Waals surface area contributed by atoms with E-state index in [1.165, 1.54) is 18.2 Å². The fourth-order valence-corrected chi connectivity index (χ4v) is 1.89. The summed E-state index contributed by atoms with van der Waals surface area (Å²) in [6, 6.07) is 2.58. The molecule has 4 nitrogen and oxygen atoms in total. The van der Waals surface area contributed by atoms with Crippen LogP contribution in [0.15, 0.2) is 17.1 Å². The van der Waals surface area contributed by atoms with Crippen LogP contribution in [-0.2, 0) is 10.3 Å². The monoisotopic (exact) mass is 225 g/mol. The topological polar surface area (TPSA) is 69.9 Å². The third-order valence-corrected chi connectivity index (χ3v) is 2.86. The minimum atomic E-state index is -0.635. The molecule has 1 saturated carbocycles. The van der Waals surface area contributed by atoms with Crippen molar-refractivity contribution in [2.75, 3.05) is 0 Å². The van der Waals surface area contributed by atoms with E-state index in [4.69, 9.17) is 11.6 Å². The molecule has 0 atom stereocenters. The first-order chi connectivity index (χ1) is 7.09. The molecule has 1 aromatic carbocycles. The SMILES string of the molecule is O=C=NC1(c2cc(O)c(O)cc2Cl)CC1. The van der Waals surface area contributed by atoms with Crippen LogP contribution in [0.5, 0.6) is 11.5 Å². The van der Waals surface area contributed by atoms with Crippen molar-refractivity contribution in [2.45, 2.75) is 18.4 Å². The van der Waals surface area contributed by atoms with Crippen molar-refractivity contribution >= 4 is 17.7 Å². The molecule has 0 aliphatic heterocycles. The fourth-order valence-electron chi connectivity index (χ4n) is 1.56. The molecule has 0 heterocycles. The minimum Gasteiger partial charge on any atom is -0.504 e. The van der Waals surface area contributed by atoms with E-state index in [1.807, 2.05) is 0 Å². The zero-order valence-corrected chi connectivity index (χ0v) is 8.45. The predicted molar refractivity (Wildman–Crippen MR) is 53.8 cm³/mol. The highest BCUT2D eigenvalue weighted by molar-refractivity contribution is 6.31. The van der Waals surface area contributed by atoms with E-state index < -0.39 is 5.54 Å². The number of carbonyl (C=O) groups excluding carboxylic acids is 1. The number of aromatic hydroxyl groups is 2. The molecule has 0 radical (unpaired) electrons. The number of halogens is 1. The summed E-state index contributed by atoms with van der Waals surface area (Å²) in [6.45, 7) is 0. The summed E-state index contributed by atoms with van der Waals surface area (Å²) in [5, 5.41) is 18.8. The zero-order valence-electron chi connectivity index (χ0n) is 7.70. The Hall–Kier alpha value is -1.51. The molecular formula is C10H8ClNO3. The average Bonchev–Trinajstić information content (AvgIpc) is 2.93. The molecule has 2 N–H and O–H groups in total. The second kappa shape index (κ2) is 3.26. The molecule has 5 heteroatoms. The first-order valence-electron chi connectivity index (χ1n) is 4.40. The van der Waals surface area contributed by atoms with E-state index in [-0.39, 0.29) is 11.5 Å². The zero-order chi connectivity index (χ0) is 11.1. The first-order valence-corrected chi connectivity index (χ1v) is 4.78. The van der Waals surface area contributed by atoms with Gasteiger partial charge < -0.3 is 10.2 Å². The second-order valence-electron chi connectivity index (χ2n) is 3.56. The number of phenols is 2. The van der Waals surface area contributed by atoms with E-state index >= 15 is 0 Å². The molecule has 1 fully saturated rings. The van der Waals surface area contributed by atoms with Crippen LogP contribution < -0.4 is 0 Å². The van der Waals surface area contributed by atoms with Crippen molar-refractivity contribution in [1.29, 1.82) is 0 Å². The van der Waals surface area contributed by atoms with Gasteiger partial charge >= 0.3 is 0 Å². The fraction of sp³-hybridized carbons (Fsp3) is 0.300. The quantitative estimate of drug-likeness (QED) is 0.460. The molecule has 0 saturated heterocycles. The summed E-state index contributed by atoms with van der Waals surface area (Å²) in [6.07, 6.45) is 2.90. The van der Waals surface area contributed by atoms with E-state index in [9.17, 15) is 15.0 Å². The van der Waals surface area contributed by atoms with Crippen LogP contribution in [0.1, 0.15) is 18.4 Å². The summed E-state index contributed by atoms with van der Waals surface area (Å²) in [7, 11) is 0. The summed E-state index contributed by atoms with van der Waals surface area (Å²) in [5.74, 6) is -0.545. The van der Waals surface area contributed by atoms with Crippen LogP contribution in [0.3, 0.4) is 0 Å². The summed E-state index contributed by atoms with van der Waals surface area (Å²) in [4.78, 5) is 13.9. The lowest BCUT2D eigenvalue weighted by molar-refractivity contribution is 0.402. The van der Waals surface area contributed by atoms with Crippen LogP contribution >= 0.6 is 11.6 Å². The van der Waals surface area contributed by atoms with Gasteiger partial charge in [-0.2, -0.15) is 4.99 Å². The number of hydrogen-bond acceptors (Lipinski definition) is 4. The van der Waals surface area contributed by atoms with Crippen molar-refractivity contribution in [1.82, 2.24) is 0 Å². The predicted octanol–water partition coefficient (Wildman–Crippen LogP) is 2.08. The van der Waals surface area contributed by atoms with Crippen molar-refractivity contribution in [3.05, 3.63) is 22.7 Å². The molecule has 2 rings (SSSR count). The Morgan fingerprint density at radius 1 is 1.33 bits per heavy atom. The maximum atomic E-state index is 10.3. The van der Waals surface area contributed by atoms with Crippen molar-refractivity contribution in [3.63, 3.8) is 0 Å². The number of phenolic OH excluding ortho intramolecular Hbond substituents is 2. The molecular weight excluding hydrogens is 218 g/mol. The number of isocyanates is 1. The Kier molecular flexibility index (Phi) is 2.18. The molecule has 0 unspecified atom stereocenters. The lowest BCUT2D eigenvalue weighted by atomic mass is 10.0. The number of hydrogen-bond donors (Lipinski definition) is 2. The van der Waals surface area contributed by atoms with Gasteiger partial charge in [-0.15, -0.1) is 0 Å². The van der Waals surface area contributed by atoms with E-state index in [2.05, 4.69) is 4.99 Å². The van der Waals surface area contributed by atoms with Crippen molar-refractivity contribution in [2.24, 2.45) is 4.99 Å². The Bertz CT molecular complexity index is 462. The summed E-state index contributed by atoms with van der Waals surface area (Å²) >= 11 is 5.90. The highest BCUT2D eigenvalue weighted by Crippen LogP contribution is 2.53. The Morgan fingerprint density at radius 3 is 2.47 bits per heavy atom. The lowest BCUT2D eigenvalue weighted by Gasteiger charge is -2.11. The van der Waals surface area contributed by atoms with E-state index in [0.29, 0.717) is 23.4 Å². The number of benzene rings is 1. The van der Waals surface area contributed by atoms with Gasteiger partial charge in [0, 0.05) is 11.6 Å². The molecule has 0 bridgehead atoms. The number of nitrogens with zero attached hydrogens (tertiary/aromatic N) is 1. The molecule has 0 amide bonds. The molecule has 0 aromatic heterocycles. The van der Waals surface area contributed by atoms with E-state index in [1.54, 1.807) is 0 Å². The van der Waals surface area contributed by atoms with Crippen LogP contribution in [0.4, 0.5) is 0 Å². The molecule has 1 aromatic rings. The van der Waals surface area contributed by atoms with Gasteiger partial charge in [0.05, 0.1) is 10.6 Å². The highest BCUT2D eigenvalue weighted by atomic mass is 35.5. The molecule has 1 aliphatic carbocycles. The molecule has 15 heavy (non-hydrogen) atoms. The van der Waals surface area contributed by atoms with Crippen LogP contribution in [0, 0.1) is 0 Å². The third-order valence-electron chi connectivity index (χ3n) is 2.55. The van der Waals surface area contributed by atoms with Gasteiger partial charge in [0.25, 0.3) is 0 Å². The van der Waals surface area contributed by atoms with Gasteiger partial charge in [-0.25, -0.2) is 4.79 Å². The second-order valence-corrected chi connectivity index (χ2v) is 3.96. The van der Waals surface area contributed by atoms with Crippen LogP contribution in [-0.4, -0.2) is 16.3 Å². The summed E-state index contributed by atoms with van der Waals surface area (Å²) in [5.41, 5.74) is -0.0767. The van der Waals surface area contributed by atoms with Crippen molar-refractivity contribution < 1.29 is 15.0 Å². The Labute approximate surface area is 90.8 Å². The smallest absolute Gasteiger partial charge is 0.235 e. The molecule has 78 valence electrons. The van der Waals surface area contributed by atoms with Gasteiger partial charge in [-0.05, 0) is 18.9 Å². The average molecular weight is 226 g/mol. The molecule has 0 spiro atoms. The van der Waals surface area contributed by atoms with Gasteiger partial charge in [-0.1, -0.05) is 11.6 Å². The summed E-state index contributed by atoms with van der Waals surface area (Å²) < 4.78 is 0. The van der Waals surface area contributed by atoms with E-state index in [0.717, 1.165) is 0 Å². The third kappa shape index (κ3) is 1.58. The van der Waals surface area contributed by atoms with Crippen molar-refractivity contribution in [3.8, 4) is 11.5 Å². The molecule has 1 aliphatic rings. The minimum absolute atomic E-state index is 0.262. The van der Waals surface area contributed by atoms with Gasteiger partial charge in [0.15, 0.2) is 11.5 Å². The standard InChI is InChI=1S/C10H8ClNO3/c11-7-4-9(15)8(14)3-6(7)10(1-2-10)12-5-13/h3-4,14-15H,1-2H2. The first kappa shape index (κ1) is 10.0. The highest BCUT2D eigenvalue weighted by Gasteiger charge is 2.46. The normalized spacial score (nSPS) is 16.9.